The summed E-state index contributed by atoms with van der Waals surface area (Å²) in [6, 6.07) is 5.75. The largest absolute Gasteiger partial charge is 0.496 e. The molecular formula is C14H17N3O3. The summed E-state index contributed by atoms with van der Waals surface area (Å²) in [5, 5.41) is 16.7. The molecule has 0 spiro atoms. The summed E-state index contributed by atoms with van der Waals surface area (Å²) in [5.74, 6) is 1.72. The van der Waals surface area contributed by atoms with Crippen LogP contribution in [0.25, 0.3) is 11.4 Å². The quantitative estimate of drug-likeness (QED) is 0.882. The van der Waals surface area contributed by atoms with Gasteiger partial charge in [0.2, 0.25) is 11.7 Å². The Kier molecular flexibility index (Phi) is 3.42. The van der Waals surface area contributed by atoms with Crippen molar-refractivity contribution in [2.45, 2.75) is 25.5 Å². The molecule has 2 atom stereocenters. The van der Waals surface area contributed by atoms with E-state index in [4.69, 9.17) is 9.26 Å². The first-order valence-corrected chi connectivity index (χ1v) is 6.57. The SMILES string of the molecule is COc1cc(C)ccc1-c1noc([C@@H]2C[C@@H](O)CN2)n1. The molecule has 0 radical (unpaired) electrons. The molecule has 1 aliphatic rings. The Labute approximate surface area is 116 Å². The van der Waals surface area contributed by atoms with Crippen molar-refractivity contribution in [1.82, 2.24) is 15.5 Å². The summed E-state index contributed by atoms with van der Waals surface area (Å²) in [4.78, 5) is 4.40. The van der Waals surface area contributed by atoms with Crippen LogP contribution >= 0.6 is 0 Å². The van der Waals surface area contributed by atoms with Crippen molar-refractivity contribution in [1.29, 1.82) is 0 Å². The molecular weight excluding hydrogens is 258 g/mol. The van der Waals surface area contributed by atoms with Crippen LogP contribution < -0.4 is 10.1 Å². The number of nitrogens with one attached hydrogen (secondary N) is 1. The molecule has 1 fully saturated rings. The number of benzene rings is 1. The highest BCUT2D eigenvalue weighted by molar-refractivity contribution is 5.64. The van der Waals surface area contributed by atoms with Crippen LogP contribution in [0.1, 0.15) is 23.9 Å². The van der Waals surface area contributed by atoms with Gasteiger partial charge >= 0.3 is 0 Å². The van der Waals surface area contributed by atoms with E-state index in [1.165, 1.54) is 0 Å². The zero-order valence-electron chi connectivity index (χ0n) is 11.5. The van der Waals surface area contributed by atoms with E-state index in [-0.39, 0.29) is 12.1 Å². The van der Waals surface area contributed by atoms with Gasteiger partial charge in [0.25, 0.3) is 0 Å². The number of ether oxygens (including phenoxy) is 1. The first-order chi connectivity index (χ1) is 9.67. The Balaban J connectivity index is 1.90. The van der Waals surface area contributed by atoms with Crippen LogP contribution in [0.5, 0.6) is 5.75 Å². The first kappa shape index (κ1) is 13.1. The third kappa shape index (κ3) is 2.39. The fourth-order valence-electron chi connectivity index (χ4n) is 2.37. The number of aliphatic hydroxyl groups is 1. The van der Waals surface area contributed by atoms with E-state index in [1.807, 2.05) is 25.1 Å². The fraction of sp³-hybridized carbons (Fsp3) is 0.429. The van der Waals surface area contributed by atoms with E-state index in [9.17, 15) is 5.11 Å². The van der Waals surface area contributed by atoms with E-state index >= 15 is 0 Å². The Morgan fingerprint density at radius 1 is 1.45 bits per heavy atom. The maximum absolute atomic E-state index is 9.53. The normalized spacial score (nSPS) is 22.1. The van der Waals surface area contributed by atoms with Crippen LogP contribution in [0, 0.1) is 6.92 Å². The van der Waals surface area contributed by atoms with E-state index in [0.717, 1.165) is 16.9 Å². The van der Waals surface area contributed by atoms with Gasteiger partial charge < -0.3 is 19.7 Å². The second-order valence-electron chi connectivity index (χ2n) is 5.01. The summed E-state index contributed by atoms with van der Waals surface area (Å²) >= 11 is 0. The van der Waals surface area contributed by atoms with E-state index < -0.39 is 0 Å². The fourth-order valence-corrected chi connectivity index (χ4v) is 2.37. The van der Waals surface area contributed by atoms with Gasteiger partial charge in [0.05, 0.1) is 24.8 Å². The molecule has 0 unspecified atom stereocenters. The molecule has 1 aliphatic heterocycles. The lowest BCUT2D eigenvalue weighted by Crippen LogP contribution is -2.15. The van der Waals surface area contributed by atoms with Crippen LogP contribution in [0.15, 0.2) is 22.7 Å². The molecule has 1 saturated heterocycles. The number of rotatable bonds is 3. The number of aryl methyl sites for hydroxylation is 1. The van der Waals surface area contributed by atoms with Crippen LogP contribution in [-0.4, -0.2) is 35.0 Å². The number of hydrogen-bond acceptors (Lipinski definition) is 6. The van der Waals surface area contributed by atoms with Crippen LogP contribution in [0.3, 0.4) is 0 Å². The van der Waals surface area contributed by atoms with E-state index in [0.29, 0.717) is 24.7 Å². The van der Waals surface area contributed by atoms with Crippen molar-refractivity contribution in [2.24, 2.45) is 0 Å². The highest BCUT2D eigenvalue weighted by atomic mass is 16.5. The third-order valence-corrected chi connectivity index (χ3v) is 3.45. The van der Waals surface area contributed by atoms with Crippen molar-refractivity contribution in [3.63, 3.8) is 0 Å². The van der Waals surface area contributed by atoms with Gasteiger partial charge in [0.15, 0.2) is 0 Å². The molecule has 0 bridgehead atoms. The van der Waals surface area contributed by atoms with Gasteiger partial charge in [-0.2, -0.15) is 4.98 Å². The summed E-state index contributed by atoms with van der Waals surface area (Å²) < 4.78 is 10.6. The van der Waals surface area contributed by atoms with Crippen LogP contribution in [-0.2, 0) is 0 Å². The summed E-state index contributed by atoms with van der Waals surface area (Å²) in [7, 11) is 1.62. The van der Waals surface area contributed by atoms with Crippen molar-refractivity contribution >= 4 is 0 Å². The highest BCUT2D eigenvalue weighted by Crippen LogP contribution is 2.30. The summed E-state index contributed by atoms with van der Waals surface area (Å²) in [6.07, 6.45) is 0.233. The number of hydrogen-bond donors (Lipinski definition) is 2. The second-order valence-corrected chi connectivity index (χ2v) is 5.01. The molecule has 2 N–H and O–H groups in total. The van der Waals surface area contributed by atoms with Crippen molar-refractivity contribution in [2.75, 3.05) is 13.7 Å². The standard InChI is InChI=1S/C14H17N3O3/c1-8-3-4-10(12(5-8)19-2)13-16-14(20-17-13)11-6-9(18)7-15-11/h3-5,9,11,15,18H,6-7H2,1-2H3/t9-,11+/m1/s1. The molecule has 20 heavy (non-hydrogen) atoms. The summed E-state index contributed by atoms with van der Waals surface area (Å²) in [6.45, 7) is 2.55. The molecule has 1 aromatic heterocycles. The van der Waals surface area contributed by atoms with Gasteiger partial charge in [0.1, 0.15) is 5.75 Å². The minimum absolute atomic E-state index is 0.0808. The minimum atomic E-state index is -0.357. The molecule has 2 aromatic rings. The maximum atomic E-state index is 9.53. The number of β-amino-alcohol motifs (C(OH)–C–C–N with tert-alkyl or cyclic N) is 1. The number of nitrogens with zero attached hydrogens (tertiary/aromatic N) is 2. The Bertz CT molecular complexity index is 611. The van der Waals surface area contributed by atoms with Gasteiger partial charge in [0, 0.05) is 6.54 Å². The summed E-state index contributed by atoms with van der Waals surface area (Å²) in [5.41, 5.74) is 1.90. The number of methoxy groups -OCH3 is 1. The lowest BCUT2D eigenvalue weighted by molar-refractivity contribution is 0.191. The molecule has 6 nitrogen and oxygen atoms in total. The average molecular weight is 275 g/mol. The molecule has 106 valence electrons. The Morgan fingerprint density at radius 3 is 3.00 bits per heavy atom. The molecule has 1 aromatic carbocycles. The first-order valence-electron chi connectivity index (χ1n) is 6.57. The maximum Gasteiger partial charge on any atom is 0.244 e. The van der Waals surface area contributed by atoms with Crippen molar-refractivity contribution < 1.29 is 14.4 Å². The van der Waals surface area contributed by atoms with Gasteiger partial charge in [-0.15, -0.1) is 0 Å². The topological polar surface area (TPSA) is 80.4 Å². The molecule has 2 heterocycles. The van der Waals surface area contributed by atoms with E-state index in [1.54, 1.807) is 7.11 Å². The monoisotopic (exact) mass is 275 g/mol. The molecule has 3 rings (SSSR count). The minimum Gasteiger partial charge on any atom is -0.496 e. The third-order valence-electron chi connectivity index (χ3n) is 3.45. The van der Waals surface area contributed by atoms with Gasteiger partial charge in [-0.25, -0.2) is 0 Å². The van der Waals surface area contributed by atoms with E-state index in [2.05, 4.69) is 15.5 Å². The lowest BCUT2D eigenvalue weighted by Gasteiger charge is -2.05. The molecule has 0 saturated carbocycles. The zero-order valence-corrected chi connectivity index (χ0v) is 11.5. The predicted octanol–water partition coefficient (Wildman–Crippen LogP) is 1.45. The highest BCUT2D eigenvalue weighted by Gasteiger charge is 2.28. The van der Waals surface area contributed by atoms with Crippen LogP contribution in [0.2, 0.25) is 0 Å². The Morgan fingerprint density at radius 2 is 2.30 bits per heavy atom. The average Bonchev–Trinajstić information content (AvgIpc) is 3.07. The smallest absolute Gasteiger partial charge is 0.244 e. The van der Waals surface area contributed by atoms with Gasteiger partial charge in [-0.1, -0.05) is 11.2 Å². The molecule has 0 aliphatic carbocycles. The number of aromatic nitrogens is 2. The number of aliphatic hydroxyl groups excluding tert-OH is 1. The molecule has 0 amide bonds. The van der Waals surface area contributed by atoms with Crippen LogP contribution in [0.4, 0.5) is 0 Å². The zero-order chi connectivity index (χ0) is 14.1. The van der Waals surface area contributed by atoms with Crippen molar-refractivity contribution in [3.8, 4) is 17.1 Å². The Hall–Kier alpha value is -1.92. The molecule has 6 heteroatoms. The predicted molar refractivity (Wildman–Crippen MR) is 72.4 cm³/mol. The van der Waals surface area contributed by atoms with Crippen molar-refractivity contribution in [3.05, 3.63) is 29.7 Å². The van der Waals surface area contributed by atoms with Gasteiger partial charge in [-0.3, -0.25) is 0 Å². The lowest BCUT2D eigenvalue weighted by atomic mass is 10.1. The second kappa shape index (κ2) is 5.22. The van der Waals surface area contributed by atoms with Gasteiger partial charge in [-0.05, 0) is 31.0 Å².